The predicted octanol–water partition coefficient (Wildman–Crippen LogP) is -1.60. The van der Waals surface area contributed by atoms with Crippen LogP contribution in [0.5, 0.6) is 0 Å². The van der Waals surface area contributed by atoms with Crippen LogP contribution in [0.3, 0.4) is 0 Å². The maximum Gasteiger partial charge on any atom is 0.0555 e. The average Bonchev–Trinajstić information content (AvgIpc) is 1.91. The monoisotopic (exact) mass is 150 g/mol. The average molecular weight is 150 g/mol. The Hall–Kier alpha value is -0.160. The minimum Gasteiger partial charge on any atom is -0.395 e. The van der Waals surface area contributed by atoms with Crippen molar-refractivity contribution in [3.8, 4) is 0 Å². The highest BCUT2D eigenvalue weighted by Crippen LogP contribution is 1.54. The first-order chi connectivity index (χ1) is 4.83. The highest BCUT2D eigenvalue weighted by Gasteiger charge is 1.78. The van der Waals surface area contributed by atoms with E-state index in [1.807, 2.05) is 14.1 Å². The van der Waals surface area contributed by atoms with E-state index < -0.39 is 0 Å². The van der Waals surface area contributed by atoms with Gasteiger partial charge < -0.3 is 20.8 Å². The van der Waals surface area contributed by atoms with Crippen molar-refractivity contribution in [2.24, 2.45) is 0 Å². The molecule has 4 N–H and O–H groups in total. The Morgan fingerprint density at radius 2 is 1.30 bits per heavy atom. The van der Waals surface area contributed by atoms with Crippen molar-refractivity contribution in [3.05, 3.63) is 0 Å². The molecule has 0 aliphatic rings. The standard InChI is InChI=1S/C4H11NO2.C2H7N/c6-3-1-5-2-4-7;1-3-2/h5-7H,1-4H2;3H,1-2H3. The third-order valence-corrected chi connectivity index (χ3v) is 0.577. The molecule has 0 atom stereocenters. The highest BCUT2D eigenvalue weighted by atomic mass is 16.3. The molecule has 0 bridgehead atoms. The summed E-state index contributed by atoms with van der Waals surface area (Å²) in [5.74, 6) is 0. The Labute approximate surface area is 62.3 Å². The molecule has 10 heavy (non-hydrogen) atoms. The molecule has 0 fully saturated rings. The quantitative estimate of drug-likeness (QED) is 0.364. The second kappa shape index (κ2) is 15.9. The van der Waals surface area contributed by atoms with Gasteiger partial charge in [-0.2, -0.15) is 0 Å². The van der Waals surface area contributed by atoms with Gasteiger partial charge in [-0.1, -0.05) is 0 Å². The van der Waals surface area contributed by atoms with Crippen molar-refractivity contribution in [1.82, 2.24) is 10.6 Å². The van der Waals surface area contributed by atoms with Crippen molar-refractivity contribution in [3.63, 3.8) is 0 Å². The molecule has 0 heterocycles. The smallest absolute Gasteiger partial charge is 0.0555 e. The predicted molar refractivity (Wildman–Crippen MR) is 42.0 cm³/mol. The summed E-state index contributed by atoms with van der Waals surface area (Å²) in [5.41, 5.74) is 0. The SMILES string of the molecule is CNC.OCCNCCO. The lowest BCUT2D eigenvalue weighted by Gasteiger charge is -1.94. The Morgan fingerprint density at radius 3 is 1.50 bits per heavy atom. The van der Waals surface area contributed by atoms with Gasteiger partial charge in [-0.15, -0.1) is 0 Å². The molecule has 0 saturated carbocycles. The van der Waals surface area contributed by atoms with Gasteiger partial charge in [0.1, 0.15) is 0 Å². The molecule has 0 spiro atoms. The first-order valence-corrected chi connectivity index (χ1v) is 3.34. The Balaban J connectivity index is 0. The molecule has 0 rings (SSSR count). The van der Waals surface area contributed by atoms with Gasteiger partial charge in [-0.05, 0) is 14.1 Å². The fraction of sp³-hybridized carbons (Fsp3) is 1.00. The molecule has 0 aromatic carbocycles. The Morgan fingerprint density at radius 1 is 1.00 bits per heavy atom. The van der Waals surface area contributed by atoms with E-state index in [1.165, 1.54) is 0 Å². The summed E-state index contributed by atoms with van der Waals surface area (Å²) in [6.07, 6.45) is 0. The maximum atomic E-state index is 8.15. The second-order valence-corrected chi connectivity index (χ2v) is 1.70. The summed E-state index contributed by atoms with van der Waals surface area (Å²) >= 11 is 0. The Kier molecular flexibility index (Phi) is 19.9. The van der Waals surface area contributed by atoms with Crippen molar-refractivity contribution < 1.29 is 10.2 Å². The molecule has 0 aliphatic heterocycles. The number of aliphatic hydroxyl groups excluding tert-OH is 2. The topological polar surface area (TPSA) is 64.5 Å². The lowest BCUT2D eigenvalue weighted by molar-refractivity contribution is 0.267. The maximum absolute atomic E-state index is 8.15. The molecule has 0 unspecified atom stereocenters. The molecule has 0 radical (unpaired) electrons. The summed E-state index contributed by atoms with van der Waals surface area (Å²) in [7, 11) is 3.75. The third kappa shape index (κ3) is 24.9. The van der Waals surface area contributed by atoms with Crippen LogP contribution in [0.4, 0.5) is 0 Å². The van der Waals surface area contributed by atoms with E-state index in [0.29, 0.717) is 13.1 Å². The van der Waals surface area contributed by atoms with E-state index in [4.69, 9.17) is 10.2 Å². The van der Waals surface area contributed by atoms with Crippen LogP contribution in [0, 0.1) is 0 Å². The van der Waals surface area contributed by atoms with Crippen LogP contribution >= 0.6 is 0 Å². The van der Waals surface area contributed by atoms with E-state index in [1.54, 1.807) is 0 Å². The van der Waals surface area contributed by atoms with E-state index >= 15 is 0 Å². The van der Waals surface area contributed by atoms with Gasteiger partial charge in [0.05, 0.1) is 13.2 Å². The lowest BCUT2D eigenvalue weighted by Crippen LogP contribution is -2.21. The van der Waals surface area contributed by atoms with Crippen LogP contribution < -0.4 is 10.6 Å². The van der Waals surface area contributed by atoms with E-state index in [2.05, 4.69) is 10.6 Å². The van der Waals surface area contributed by atoms with E-state index in [-0.39, 0.29) is 13.2 Å². The summed E-state index contributed by atoms with van der Waals surface area (Å²) < 4.78 is 0. The zero-order valence-electron chi connectivity index (χ0n) is 6.72. The van der Waals surface area contributed by atoms with Crippen LogP contribution in [0.1, 0.15) is 0 Å². The van der Waals surface area contributed by atoms with Crippen LogP contribution in [-0.2, 0) is 0 Å². The van der Waals surface area contributed by atoms with Crippen molar-refractivity contribution in [2.75, 3.05) is 40.4 Å². The minimum atomic E-state index is 0.139. The fourth-order valence-corrected chi connectivity index (χ4v) is 0.283. The van der Waals surface area contributed by atoms with Crippen molar-refractivity contribution >= 4 is 0 Å². The first-order valence-electron chi connectivity index (χ1n) is 3.34. The van der Waals surface area contributed by atoms with E-state index in [9.17, 15) is 0 Å². The van der Waals surface area contributed by atoms with Crippen molar-refractivity contribution in [1.29, 1.82) is 0 Å². The zero-order chi connectivity index (χ0) is 8.24. The summed E-state index contributed by atoms with van der Waals surface area (Å²) in [6, 6.07) is 0. The highest BCUT2D eigenvalue weighted by molar-refractivity contribution is 4.39. The summed E-state index contributed by atoms with van der Waals surface area (Å²) in [5, 5.41) is 21.8. The van der Waals surface area contributed by atoms with Crippen molar-refractivity contribution in [2.45, 2.75) is 0 Å². The van der Waals surface area contributed by atoms with Crippen LogP contribution in [0.2, 0.25) is 0 Å². The lowest BCUT2D eigenvalue weighted by atomic mass is 10.6. The summed E-state index contributed by atoms with van der Waals surface area (Å²) in [6.45, 7) is 1.42. The van der Waals surface area contributed by atoms with Gasteiger partial charge >= 0.3 is 0 Å². The number of rotatable bonds is 4. The number of aliphatic hydroxyl groups is 2. The molecule has 0 aliphatic carbocycles. The second-order valence-electron chi connectivity index (χ2n) is 1.70. The molecule has 0 amide bonds. The molecule has 0 aromatic rings. The number of hydrogen-bond donors (Lipinski definition) is 4. The normalized spacial score (nSPS) is 8.40. The zero-order valence-corrected chi connectivity index (χ0v) is 6.72. The molecular weight excluding hydrogens is 132 g/mol. The Bertz CT molecular complexity index is 40.7. The van der Waals surface area contributed by atoms with Crippen LogP contribution in [0.25, 0.3) is 0 Å². The summed E-state index contributed by atoms with van der Waals surface area (Å²) in [4.78, 5) is 0. The third-order valence-electron chi connectivity index (χ3n) is 0.577. The van der Waals surface area contributed by atoms with Gasteiger partial charge in [0.25, 0.3) is 0 Å². The molecule has 4 heteroatoms. The molecule has 0 saturated heterocycles. The van der Waals surface area contributed by atoms with Gasteiger partial charge in [0.15, 0.2) is 0 Å². The van der Waals surface area contributed by atoms with E-state index in [0.717, 1.165) is 0 Å². The molecule has 0 aromatic heterocycles. The minimum absolute atomic E-state index is 0.139. The van der Waals surface area contributed by atoms with Gasteiger partial charge in [0.2, 0.25) is 0 Å². The largest absolute Gasteiger partial charge is 0.395 e. The van der Waals surface area contributed by atoms with Gasteiger partial charge in [0, 0.05) is 13.1 Å². The number of hydrogen-bond acceptors (Lipinski definition) is 4. The molecular formula is C6H18N2O2. The first kappa shape index (κ1) is 12.5. The van der Waals surface area contributed by atoms with Gasteiger partial charge in [-0.3, -0.25) is 0 Å². The molecule has 4 nitrogen and oxygen atoms in total. The molecule has 64 valence electrons. The fourth-order valence-electron chi connectivity index (χ4n) is 0.283. The van der Waals surface area contributed by atoms with Gasteiger partial charge in [-0.25, -0.2) is 0 Å². The number of nitrogens with one attached hydrogen (secondary N) is 2. The van der Waals surface area contributed by atoms with Crippen LogP contribution in [0.15, 0.2) is 0 Å². The van der Waals surface area contributed by atoms with Crippen LogP contribution in [-0.4, -0.2) is 50.6 Å².